The third-order valence-electron chi connectivity index (χ3n) is 1.44. The predicted octanol–water partition coefficient (Wildman–Crippen LogP) is 0.810. The first kappa shape index (κ1) is 12.5. The van der Waals surface area contributed by atoms with Crippen LogP contribution in [0.5, 0.6) is 5.75 Å². The summed E-state index contributed by atoms with van der Waals surface area (Å²) in [4.78, 5) is 10.2. The van der Waals surface area contributed by atoms with Gasteiger partial charge in [0.05, 0.1) is 0 Å². The van der Waals surface area contributed by atoms with Crippen molar-refractivity contribution in [2.45, 2.75) is 6.92 Å². The van der Waals surface area contributed by atoms with Crippen molar-refractivity contribution in [1.29, 1.82) is 0 Å². The molecule has 0 aliphatic rings. The standard InChI is InChI=1S/C9H10O3.Na.H/c1-7-4-2-3-5-8(7)12-6-9(10)11;;/h2-5H,6H2,1H3,(H,10,11);;. The van der Waals surface area contributed by atoms with Crippen molar-refractivity contribution in [2.24, 2.45) is 0 Å². The summed E-state index contributed by atoms with van der Waals surface area (Å²) in [7, 11) is 0. The number of carbonyl (C=O) groups is 1. The normalized spacial score (nSPS) is 8.69. The number of hydrogen-bond acceptors (Lipinski definition) is 2. The maximum absolute atomic E-state index is 10.2. The Morgan fingerprint density at radius 1 is 1.46 bits per heavy atom. The zero-order valence-corrected chi connectivity index (χ0v) is 6.78. The van der Waals surface area contributed by atoms with E-state index in [0.29, 0.717) is 5.75 Å². The molecule has 0 unspecified atom stereocenters. The summed E-state index contributed by atoms with van der Waals surface area (Å²) < 4.78 is 5.00. The molecule has 0 saturated carbocycles. The second kappa shape index (κ2) is 6.02. The number of carboxylic acids is 1. The van der Waals surface area contributed by atoms with E-state index in [1.165, 1.54) is 0 Å². The van der Waals surface area contributed by atoms with E-state index >= 15 is 0 Å². The van der Waals surface area contributed by atoms with Gasteiger partial charge in [0, 0.05) is 0 Å². The molecular weight excluding hydrogens is 179 g/mol. The van der Waals surface area contributed by atoms with Crippen LogP contribution in [-0.2, 0) is 4.79 Å². The molecule has 0 bridgehead atoms. The fraction of sp³-hybridized carbons (Fsp3) is 0.222. The number of ether oxygens (including phenoxy) is 1. The summed E-state index contributed by atoms with van der Waals surface area (Å²) in [6, 6.07) is 7.31. The quantitative estimate of drug-likeness (QED) is 0.717. The molecule has 3 nitrogen and oxygen atoms in total. The number of carboxylic acid groups (broad SMARTS) is 1. The molecule has 66 valence electrons. The first-order chi connectivity index (χ1) is 5.70. The topological polar surface area (TPSA) is 46.5 Å². The first-order valence-corrected chi connectivity index (χ1v) is 3.60. The summed E-state index contributed by atoms with van der Waals surface area (Å²) >= 11 is 0. The SMILES string of the molecule is Cc1ccccc1OCC(=O)O.[NaH]. The van der Waals surface area contributed by atoms with Crippen LogP contribution in [0, 0.1) is 6.92 Å². The summed E-state index contributed by atoms with van der Waals surface area (Å²) in [5, 5.41) is 8.34. The molecule has 0 saturated heterocycles. The van der Waals surface area contributed by atoms with Gasteiger partial charge in [-0.05, 0) is 18.6 Å². The minimum atomic E-state index is -0.960. The molecule has 0 aromatic heterocycles. The average molecular weight is 190 g/mol. The van der Waals surface area contributed by atoms with Crippen molar-refractivity contribution in [3.8, 4) is 5.75 Å². The van der Waals surface area contributed by atoms with Gasteiger partial charge in [0.2, 0.25) is 0 Å². The van der Waals surface area contributed by atoms with Crippen LogP contribution >= 0.6 is 0 Å². The Balaban J connectivity index is 0.00000144. The Bertz CT molecular complexity index is 286. The summed E-state index contributed by atoms with van der Waals surface area (Å²) in [6.45, 7) is 1.59. The Morgan fingerprint density at radius 3 is 2.62 bits per heavy atom. The number of para-hydroxylation sites is 1. The number of rotatable bonds is 3. The summed E-state index contributed by atoms with van der Waals surface area (Å²) in [6.07, 6.45) is 0. The Hall–Kier alpha value is -0.510. The van der Waals surface area contributed by atoms with Crippen molar-refractivity contribution in [3.63, 3.8) is 0 Å². The fourth-order valence-electron chi connectivity index (χ4n) is 0.858. The molecule has 0 aliphatic carbocycles. The van der Waals surface area contributed by atoms with Crippen LogP contribution in [0.2, 0.25) is 0 Å². The molecule has 0 radical (unpaired) electrons. The van der Waals surface area contributed by atoms with E-state index in [1.807, 2.05) is 25.1 Å². The van der Waals surface area contributed by atoms with Gasteiger partial charge in [0.15, 0.2) is 6.61 Å². The van der Waals surface area contributed by atoms with Gasteiger partial charge in [-0.2, -0.15) is 0 Å². The zero-order valence-electron chi connectivity index (χ0n) is 6.78. The van der Waals surface area contributed by atoms with Crippen molar-refractivity contribution in [2.75, 3.05) is 6.61 Å². The Labute approximate surface area is 99.0 Å². The third kappa shape index (κ3) is 4.31. The number of hydrogen-bond donors (Lipinski definition) is 1. The molecule has 0 spiro atoms. The van der Waals surface area contributed by atoms with E-state index in [4.69, 9.17) is 9.84 Å². The van der Waals surface area contributed by atoms with Crippen LogP contribution in [0.25, 0.3) is 0 Å². The van der Waals surface area contributed by atoms with Crippen molar-refractivity contribution >= 4 is 35.5 Å². The van der Waals surface area contributed by atoms with Crippen molar-refractivity contribution in [3.05, 3.63) is 29.8 Å². The first-order valence-electron chi connectivity index (χ1n) is 3.60. The van der Waals surface area contributed by atoms with Gasteiger partial charge < -0.3 is 9.84 Å². The van der Waals surface area contributed by atoms with E-state index < -0.39 is 5.97 Å². The molecule has 0 atom stereocenters. The van der Waals surface area contributed by atoms with E-state index in [0.717, 1.165) is 5.56 Å². The number of benzene rings is 1. The monoisotopic (exact) mass is 190 g/mol. The van der Waals surface area contributed by atoms with Crippen molar-refractivity contribution in [1.82, 2.24) is 0 Å². The van der Waals surface area contributed by atoms with Gasteiger partial charge in [0.25, 0.3) is 0 Å². The molecule has 1 aromatic carbocycles. The van der Waals surface area contributed by atoms with Crippen LogP contribution in [-0.4, -0.2) is 47.2 Å². The molecule has 0 aliphatic heterocycles. The summed E-state index contributed by atoms with van der Waals surface area (Å²) in [5.41, 5.74) is 0.943. The molecule has 1 N–H and O–H groups in total. The van der Waals surface area contributed by atoms with E-state index in [9.17, 15) is 4.79 Å². The van der Waals surface area contributed by atoms with Crippen LogP contribution in [0.4, 0.5) is 0 Å². The predicted molar refractivity (Wildman–Crippen MR) is 51.5 cm³/mol. The number of aliphatic carboxylic acids is 1. The molecule has 0 fully saturated rings. The molecule has 1 rings (SSSR count). The molecule has 1 aromatic rings. The van der Waals surface area contributed by atoms with Gasteiger partial charge in [-0.1, -0.05) is 18.2 Å². The Morgan fingerprint density at radius 2 is 2.08 bits per heavy atom. The molecule has 0 amide bonds. The second-order valence-electron chi connectivity index (χ2n) is 2.45. The molecular formula is C9H11NaO3. The van der Waals surface area contributed by atoms with Gasteiger partial charge in [-0.15, -0.1) is 0 Å². The second-order valence-corrected chi connectivity index (χ2v) is 2.45. The zero-order chi connectivity index (χ0) is 8.97. The van der Waals surface area contributed by atoms with Gasteiger partial charge in [0.1, 0.15) is 5.75 Å². The number of aryl methyl sites for hydroxylation is 1. The van der Waals surface area contributed by atoms with Crippen LogP contribution in [0.15, 0.2) is 24.3 Å². The van der Waals surface area contributed by atoms with Crippen molar-refractivity contribution < 1.29 is 14.6 Å². The van der Waals surface area contributed by atoms with E-state index in [2.05, 4.69) is 0 Å². The van der Waals surface area contributed by atoms with Crippen LogP contribution in [0.3, 0.4) is 0 Å². The maximum atomic E-state index is 10.2. The molecule has 13 heavy (non-hydrogen) atoms. The van der Waals surface area contributed by atoms with E-state index in [-0.39, 0.29) is 36.2 Å². The average Bonchev–Trinajstić information content (AvgIpc) is 2.03. The third-order valence-corrected chi connectivity index (χ3v) is 1.44. The van der Waals surface area contributed by atoms with Crippen LogP contribution in [0.1, 0.15) is 5.56 Å². The summed E-state index contributed by atoms with van der Waals surface area (Å²) in [5.74, 6) is -0.335. The van der Waals surface area contributed by atoms with E-state index in [1.54, 1.807) is 6.07 Å². The fourth-order valence-corrected chi connectivity index (χ4v) is 0.858. The minimum absolute atomic E-state index is 0. The van der Waals surface area contributed by atoms with Crippen LogP contribution < -0.4 is 4.74 Å². The van der Waals surface area contributed by atoms with Gasteiger partial charge >= 0.3 is 35.5 Å². The molecule has 4 heteroatoms. The Kier molecular flexibility index (Phi) is 5.79. The van der Waals surface area contributed by atoms with Gasteiger partial charge in [-0.25, -0.2) is 4.79 Å². The van der Waals surface area contributed by atoms with Gasteiger partial charge in [-0.3, -0.25) is 0 Å². The molecule has 0 heterocycles.